The topological polar surface area (TPSA) is 46.9 Å². The minimum absolute atomic E-state index is 0. The van der Waals surface area contributed by atoms with E-state index in [1.54, 1.807) is 0 Å². The van der Waals surface area contributed by atoms with Crippen molar-refractivity contribution in [3.05, 3.63) is 267 Å². The molecule has 72 heavy (non-hydrogen) atoms. The fourth-order valence-corrected chi connectivity index (χ4v) is 10.7. The zero-order valence-electron chi connectivity index (χ0n) is 44.6. The molecule has 0 amide bonds. The number of hydrogen-bond acceptors (Lipinski definition) is 4. The first kappa shape index (κ1) is 55.2. The van der Waals surface area contributed by atoms with Gasteiger partial charge in [0.2, 0.25) is 0 Å². The second-order valence-corrected chi connectivity index (χ2v) is 20.5. The molecule has 0 spiro atoms. The van der Waals surface area contributed by atoms with E-state index in [4.69, 9.17) is 5.11 Å². The summed E-state index contributed by atoms with van der Waals surface area (Å²) in [5.74, 6) is 0.409. The van der Waals surface area contributed by atoms with E-state index >= 15 is 0 Å². The van der Waals surface area contributed by atoms with E-state index in [1.165, 1.54) is 89.0 Å². The maximum atomic E-state index is 12.5. The average molecular weight is 987 g/mol. The molecule has 0 saturated carbocycles. The number of likely N-dealkylation sites (N-methyl/N-ethyl adjacent to an activating group) is 1. The number of phenols is 1. The van der Waals surface area contributed by atoms with Gasteiger partial charge < -0.3 is 15.1 Å². The Morgan fingerprint density at radius 3 is 1.21 bits per heavy atom. The van der Waals surface area contributed by atoms with Gasteiger partial charge in [-0.15, -0.1) is 24.3 Å². The standard InChI is InChI=1S/C52H56N2O.2C7H7.CH4O.Ti/c1-32-11-15-41-42-16-12-33(2)25-46(42)51(7,45(41)24-32)40-23-36(5)21-38(29-40)30-54(20-19-53(9)10)31-39-22-37(6)28-49(50(39)55)52(8)47-26-34(3)13-17-43(47)44-18-14-35(4)27-48(44)52;2*1-7-5-3-2-4-6-7;1-2;/h11-18,21-29,55H,19-20,30-31H2,1-10H3;2*2-6H,1H2;2H,1H3;/q;2*-1;;+3. The predicted molar refractivity (Wildman–Crippen MR) is 300 cm³/mol. The van der Waals surface area contributed by atoms with Crippen molar-refractivity contribution >= 4 is 0 Å². The monoisotopic (exact) mass is 987 g/mol. The summed E-state index contributed by atoms with van der Waals surface area (Å²) in [7, 11) is 5.29. The Labute approximate surface area is 447 Å². The fraction of sp³-hybridized carbons (Fsp3) is 0.254. The number of fused-ring (bicyclic) bond motifs is 6. The van der Waals surface area contributed by atoms with Crippen molar-refractivity contribution in [2.45, 2.75) is 79.3 Å². The summed E-state index contributed by atoms with van der Waals surface area (Å²) in [6.07, 6.45) is 0. The van der Waals surface area contributed by atoms with Crippen LogP contribution in [0.2, 0.25) is 0 Å². The summed E-state index contributed by atoms with van der Waals surface area (Å²) in [6.45, 7) is 28.6. The largest absolute Gasteiger partial charge is 3.00 e. The van der Waals surface area contributed by atoms with Crippen molar-refractivity contribution < 1.29 is 31.9 Å². The molecule has 10 rings (SSSR count). The number of phenolic OH excluding ortho intramolecular Hbond substituents is 1. The van der Waals surface area contributed by atoms with Crippen molar-refractivity contribution in [3.63, 3.8) is 0 Å². The summed E-state index contributed by atoms with van der Waals surface area (Å²) in [4.78, 5) is 4.78. The Morgan fingerprint density at radius 2 is 0.819 bits per heavy atom. The number of aromatic hydroxyl groups is 1. The molecular formula is C67H74N2O2Ti+. The number of nitrogens with zero attached hydrogens (tertiary/aromatic N) is 2. The third-order valence-electron chi connectivity index (χ3n) is 14.4. The third-order valence-corrected chi connectivity index (χ3v) is 14.4. The second-order valence-electron chi connectivity index (χ2n) is 20.5. The minimum Gasteiger partial charge on any atom is -0.507 e. The summed E-state index contributed by atoms with van der Waals surface area (Å²) in [5.41, 5.74) is 24.0. The van der Waals surface area contributed by atoms with Crippen molar-refractivity contribution in [1.29, 1.82) is 0 Å². The van der Waals surface area contributed by atoms with Gasteiger partial charge in [-0.05, 0) is 125 Å². The third kappa shape index (κ3) is 11.7. The SMILES string of the molecule is CO.Cc1cc(CN(CCN(C)C)Cc2cc(C)cc(C3(C)c4cc(C)ccc4-c4ccc(C)cc43)c2O)cc(C2(C)c3cc(C)ccc3-c3ccc(C)cc32)c1.[CH2-]c1ccccc1.[CH2-]c1ccccc1.[Ti+3]. The van der Waals surface area contributed by atoms with Crippen molar-refractivity contribution in [3.8, 4) is 28.0 Å². The molecular weight excluding hydrogens is 913 g/mol. The van der Waals surface area contributed by atoms with Gasteiger partial charge in [-0.3, -0.25) is 4.90 Å². The summed E-state index contributed by atoms with van der Waals surface area (Å²) in [6, 6.07) is 58.9. The molecule has 2 N–H and O–H groups in total. The van der Waals surface area contributed by atoms with Gasteiger partial charge in [0, 0.05) is 55.2 Å². The first-order chi connectivity index (χ1) is 33.9. The predicted octanol–water partition coefficient (Wildman–Crippen LogP) is 14.8. The zero-order valence-corrected chi connectivity index (χ0v) is 46.2. The Balaban J connectivity index is 0.000000426. The van der Waals surface area contributed by atoms with E-state index in [2.05, 4.69) is 196 Å². The Kier molecular flexibility index (Phi) is 18.1. The van der Waals surface area contributed by atoms with Crippen LogP contribution in [0, 0.1) is 55.4 Å². The molecule has 0 saturated heterocycles. The molecule has 0 fully saturated rings. The molecule has 4 nitrogen and oxygen atoms in total. The Bertz CT molecular complexity index is 2980. The van der Waals surface area contributed by atoms with Crippen molar-refractivity contribution in [1.82, 2.24) is 9.80 Å². The molecule has 5 heteroatoms. The molecule has 0 atom stereocenters. The summed E-state index contributed by atoms with van der Waals surface area (Å²) in [5, 5.41) is 19.5. The molecule has 0 unspecified atom stereocenters. The van der Waals surface area contributed by atoms with Gasteiger partial charge in [0.15, 0.2) is 0 Å². The summed E-state index contributed by atoms with van der Waals surface area (Å²) >= 11 is 0. The average Bonchev–Trinajstić information content (AvgIpc) is 3.74. The first-order valence-corrected chi connectivity index (χ1v) is 24.9. The van der Waals surface area contributed by atoms with E-state index in [1.807, 2.05) is 60.7 Å². The second kappa shape index (κ2) is 23.6. The van der Waals surface area contributed by atoms with Crippen LogP contribution >= 0.6 is 0 Å². The number of benzene rings is 8. The van der Waals surface area contributed by atoms with Crippen LogP contribution in [0.3, 0.4) is 0 Å². The molecule has 2 aliphatic carbocycles. The normalized spacial score (nSPS) is 12.9. The van der Waals surface area contributed by atoms with Crippen LogP contribution in [0.15, 0.2) is 164 Å². The van der Waals surface area contributed by atoms with Gasteiger partial charge in [0.05, 0.1) is 0 Å². The Hall–Kier alpha value is -6.11. The van der Waals surface area contributed by atoms with E-state index in [0.29, 0.717) is 12.3 Å². The molecule has 8 aromatic carbocycles. The molecule has 367 valence electrons. The van der Waals surface area contributed by atoms with Crippen LogP contribution in [0.5, 0.6) is 5.75 Å². The van der Waals surface area contributed by atoms with Gasteiger partial charge in [-0.1, -0.05) is 149 Å². The molecule has 0 aromatic heterocycles. The van der Waals surface area contributed by atoms with Crippen LogP contribution in [0.1, 0.15) is 103 Å². The Morgan fingerprint density at radius 1 is 0.431 bits per heavy atom. The van der Waals surface area contributed by atoms with Gasteiger partial charge >= 0.3 is 21.7 Å². The first-order valence-electron chi connectivity index (χ1n) is 24.9. The minimum atomic E-state index is -0.479. The zero-order chi connectivity index (χ0) is 51.2. The van der Waals surface area contributed by atoms with Crippen molar-refractivity contribution in [2.75, 3.05) is 34.3 Å². The smallest absolute Gasteiger partial charge is 0.507 e. The van der Waals surface area contributed by atoms with E-state index in [-0.39, 0.29) is 27.1 Å². The van der Waals surface area contributed by atoms with Crippen LogP contribution in [-0.4, -0.2) is 54.3 Å². The van der Waals surface area contributed by atoms with Crippen LogP contribution < -0.4 is 0 Å². The molecule has 8 aromatic rings. The van der Waals surface area contributed by atoms with Gasteiger partial charge in [-0.25, -0.2) is 0 Å². The number of hydrogen-bond donors (Lipinski definition) is 2. The van der Waals surface area contributed by atoms with Crippen LogP contribution in [-0.2, 0) is 45.6 Å². The maximum Gasteiger partial charge on any atom is 3.00 e. The van der Waals surface area contributed by atoms with E-state index < -0.39 is 5.41 Å². The van der Waals surface area contributed by atoms with E-state index in [9.17, 15) is 5.11 Å². The molecule has 0 heterocycles. The summed E-state index contributed by atoms with van der Waals surface area (Å²) < 4.78 is 0. The quantitative estimate of drug-likeness (QED) is 0.112. The maximum absolute atomic E-state index is 12.5. The number of aliphatic hydroxyl groups is 1. The number of aryl methyl sites for hydroxylation is 6. The van der Waals surface area contributed by atoms with Gasteiger partial charge in [0.25, 0.3) is 0 Å². The molecule has 0 aliphatic heterocycles. The van der Waals surface area contributed by atoms with Crippen LogP contribution in [0.4, 0.5) is 0 Å². The molecule has 1 radical (unpaired) electrons. The van der Waals surface area contributed by atoms with Gasteiger partial charge in [0.1, 0.15) is 5.75 Å². The number of aliphatic hydroxyl groups excluding tert-OH is 1. The van der Waals surface area contributed by atoms with Gasteiger partial charge in [-0.2, -0.15) is 49.2 Å². The van der Waals surface area contributed by atoms with Crippen molar-refractivity contribution in [2.24, 2.45) is 0 Å². The fourth-order valence-electron chi connectivity index (χ4n) is 10.7. The molecule has 0 bridgehead atoms. The molecule has 2 aliphatic rings. The van der Waals surface area contributed by atoms with Crippen LogP contribution in [0.25, 0.3) is 22.3 Å². The number of rotatable bonds is 9. The van der Waals surface area contributed by atoms with E-state index in [0.717, 1.165) is 49.0 Å².